The van der Waals surface area contributed by atoms with Gasteiger partial charge in [-0.3, -0.25) is 0 Å². The highest BCUT2D eigenvalue weighted by atomic mass is 16.5. The zero-order valence-electron chi connectivity index (χ0n) is 13.7. The summed E-state index contributed by atoms with van der Waals surface area (Å²) in [6, 6.07) is 2.29. The Morgan fingerprint density at radius 1 is 1.27 bits per heavy atom. The number of rotatable bonds is 2. The molecule has 22 heavy (non-hydrogen) atoms. The molecule has 5 nitrogen and oxygen atoms in total. The van der Waals surface area contributed by atoms with Crippen molar-refractivity contribution in [3.05, 3.63) is 22.9 Å². The molecule has 0 amide bonds. The van der Waals surface area contributed by atoms with Gasteiger partial charge in [0.25, 0.3) is 0 Å². The fourth-order valence-corrected chi connectivity index (χ4v) is 3.32. The topological polar surface area (TPSA) is 52.4 Å². The van der Waals surface area contributed by atoms with Gasteiger partial charge < -0.3 is 14.5 Å². The maximum absolute atomic E-state index is 9.38. The van der Waals surface area contributed by atoms with Gasteiger partial charge >= 0.3 is 0 Å². The minimum absolute atomic E-state index is 0.210. The van der Waals surface area contributed by atoms with Crippen molar-refractivity contribution in [2.75, 3.05) is 37.6 Å². The summed E-state index contributed by atoms with van der Waals surface area (Å²) >= 11 is 0. The lowest BCUT2D eigenvalue weighted by atomic mass is 9.89. The Balaban J connectivity index is 1.92. The second kappa shape index (κ2) is 5.86. The van der Waals surface area contributed by atoms with Crippen LogP contribution in [0, 0.1) is 11.3 Å². The Morgan fingerprint density at radius 2 is 2.00 bits per heavy atom. The minimum Gasteiger partial charge on any atom is -0.370 e. The molecule has 0 bridgehead atoms. The molecule has 118 valence electrons. The smallest absolute Gasteiger partial charge is 0.134 e. The van der Waals surface area contributed by atoms with Crippen molar-refractivity contribution < 1.29 is 4.74 Å². The first kappa shape index (κ1) is 15.3. The van der Waals surface area contributed by atoms with Crippen LogP contribution in [0.15, 0.2) is 6.20 Å². The van der Waals surface area contributed by atoms with Crippen LogP contribution in [0.3, 0.4) is 0 Å². The molecule has 1 aromatic rings. The summed E-state index contributed by atoms with van der Waals surface area (Å²) in [4.78, 5) is 9.38. The van der Waals surface area contributed by atoms with Crippen molar-refractivity contribution in [2.24, 2.45) is 0 Å². The summed E-state index contributed by atoms with van der Waals surface area (Å²) in [7, 11) is 0. The third kappa shape index (κ3) is 2.81. The molecule has 1 saturated heterocycles. The van der Waals surface area contributed by atoms with Crippen LogP contribution in [0.2, 0.25) is 0 Å². The summed E-state index contributed by atoms with van der Waals surface area (Å²) in [6.07, 6.45) is 2.51. The highest BCUT2D eigenvalue weighted by molar-refractivity contribution is 5.56. The van der Waals surface area contributed by atoms with Crippen LogP contribution < -0.4 is 4.90 Å². The van der Waals surface area contributed by atoms with Crippen molar-refractivity contribution in [3.8, 4) is 6.07 Å². The van der Waals surface area contributed by atoms with Gasteiger partial charge in [0.05, 0.1) is 17.8 Å². The molecule has 0 radical (unpaired) electrons. The fourth-order valence-electron chi connectivity index (χ4n) is 3.32. The second-order valence-corrected chi connectivity index (χ2v) is 6.71. The van der Waals surface area contributed by atoms with Gasteiger partial charge in [-0.15, -0.1) is 0 Å². The molecule has 0 unspecified atom stereocenters. The van der Waals surface area contributed by atoms with E-state index in [-0.39, 0.29) is 5.60 Å². The van der Waals surface area contributed by atoms with Crippen molar-refractivity contribution in [2.45, 2.75) is 39.4 Å². The summed E-state index contributed by atoms with van der Waals surface area (Å²) < 4.78 is 5.98. The number of hydrogen-bond acceptors (Lipinski definition) is 5. The van der Waals surface area contributed by atoms with E-state index >= 15 is 0 Å². The van der Waals surface area contributed by atoms with Gasteiger partial charge in [-0.05, 0) is 26.0 Å². The second-order valence-electron chi connectivity index (χ2n) is 6.71. The number of aromatic nitrogens is 1. The number of anilines is 1. The zero-order chi connectivity index (χ0) is 15.7. The maximum Gasteiger partial charge on any atom is 0.134 e. The Labute approximate surface area is 132 Å². The van der Waals surface area contributed by atoms with Crippen molar-refractivity contribution in [1.29, 1.82) is 5.26 Å². The van der Waals surface area contributed by atoms with Gasteiger partial charge in [-0.25, -0.2) is 4.98 Å². The Hall–Kier alpha value is -1.64. The first-order valence-corrected chi connectivity index (χ1v) is 8.06. The molecule has 5 heteroatoms. The standard InChI is InChI=1S/C17H24N4O/c1-4-20-5-7-21(8-6-20)16-15-12-22-17(2,3)9-14(15)13(10-18)11-19-16/h11H,4-9,12H2,1-3H3. The molecule has 0 N–H and O–H groups in total. The number of ether oxygens (including phenoxy) is 1. The first-order chi connectivity index (χ1) is 10.5. The van der Waals surface area contributed by atoms with Crippen LogP contribution >= 0.6 is 0 Å². The first-order valence-electron chi connectivity index (χ1n) is 8.06. The summed E-state index contributed by atoms with van der Waals surface area (Å²) in [5.74, 6) is 1.01. The maximum atomic E-state index is 9.38. The summed E-state index contributed by atoms with van der Waals surface area (Å²) in [6.45, 7) is 12.1. The van der Waals surface area contributed by atoms with Crippen LogP contribution in [0.25, 0.3) is 0 Å². The Kier molecular flexibility index (Phi) is 4.07. The molecule has 0 saturated carbocycles. The molecule has 0 spiro atoms. The predicted molar refractivity (Wildman–Crippen MR) is 85.9 cm³/mol. The van der Waals surface area contributed by atoms with E-state index in [1.807, 2.05) is 0 Å². The number of fused-ring (bicyclic) bond motifs is 1. The molecule has 0 aliphatic carbocycles. The van der Waals surface area contributed by atoms with Crippen molar-refractivity contribution in [1.82, 2.24) is 9.88 Å². The van der Waals surface area contributed by atoms with E-state index in [1.54, 1.807) is 6.20 Å². The van der Waals surface area contributed by atoms with E-state index in [1.165, 1.54) is 0 Å². The van der Waals surface area contributed by atoms with E-state index in [9.17, 15) is 5.26 Å². The Morgan fingerprint density at radius 3 is 2.64 bits per heavy atom. The third-order valence-corrected chi connectivity index (χ3v) is 4.72. The molecular formula is C17H24N4O. The molecule has 0 aromatic carbocycles. The molecule has 2 aliphatic rings. The van der Waals surface area contributed by atoms with Crippen LogP contribution in [-0.4, -0.2) is 48.2 Å². The number of nitrogens with zero attached hydrogens (tertiary/aromatic N) is 4. The molecular weight excluding hydrogens is 276 g/mol. The van der Waals surface area contributed by atoms with Gasteiger partial charge in [0.1, 0.15) is 11.9 Å². The van der Waals surface area contributed by atoms with Gasteiger partial charge in [0.15, 0.2) is 0 Å². The lowest BCUT2D eigenvalue weighted by Gasteiger charge is -2.38. The normalized spacial score (nSPS) is 21.3. The van der Waals surface area contributed by atoms with E-state index in [4.69, 9.17) is 4.74 Å². The largest absolute Gasteiger partial charge is 0.370 e. The zero-order valence-corrected chi connectivity index (χ0v) is 13.7. The van der Waals surface area contributed by atoms with E-state index < -0.39 is 0 Å². The highest BCUT2D eigenvalue weighted by Gasteiger charge is 2.32. The lowest BCUT2D eigenvalue weighted by Crippen LogP contribution is -2.47. The molecule has 2 aliphatic heterocycles. The van der Waals surface area contributed by atoms with E-state index in [0.717, 1.165) is 56.1 Å². The predicted octanol–water partition coefficient (Wildman–Crippen LogP) is 1.95. The van der Waals surface area contributed by atoms with Gasteiger partial charge in [-0.1, -0.05) is 6.92 Å². The van der Waals surface area contributed by atoms with Crippen molar-refractivity contribution >= 4 is 5.82 Å². The quantitative estimate of drug-likeness (QED) is 0.835. The van der Waals surface area contributed by atoms with E-state index in [2.05, 4.69) is 41.6 Å². The monoisotopic (exact) mass is 300 g/mol. The number of piperazine rings is 1. The number of nitriles is 1. The highest BCUT2D eigenvalue weighted by Crippen LogP contribution is 2.34. The average molecular weight is 300 g/mol. The molecule has 0 atom stereocenters. The van der Waals surface area contributed by atoms with Crippen LogP contribution in [0.5, 0.6) is 0 Å². The van der Waals surface area contributed by atoms with Crippen LogP contribution in [0.1, 0.15) is 37.5 Å². The van der Waals surface area contributed by atoms with Gasteiger partial charge in [0, 0.05) is 44.4 Å². The van der Waals surface area contributed by atoms with Crippen LogP contribution in [0.4, 0.5) is 5.82 Å². The minimum atomic E-state index is -0.210. The van der Waals surface area contributed by atoms with E-state index in [0.29, 0.717) is 12.2 Å². The van der Waals surface area contributed by atoms with Gasteiger partial charge in [-0.2, -0.15) is 5.26 Å². The number of hydrogen-bond donors (Lipinski definition) is 0. The molecule has 3 heterocycles. The summed E-state index contributed by atoms with van der Waals surface area (Å²) in [5, 5.41) is 9.38. The molecule has 3 rings (SSSR count). The molecule has 1 aromatic heterocycles. The van der Waals surface area contributed by atoms with Crippen molar-refractivity contribution in [3.63, 3.8) is 0 Å². The number of pyridine rings is 1. The average Bonchev–Trinajstić information content (AvgIpc) is 2.53. The molecule has 1 fully saturated rings. The van der Waals surface area contributed by atoms with Crippen LogP contribution in [-0.2, 0) is 17.8 Å². The Bertz CT molecular complexity index is 597. The fraction of sp³-hybridized carbons (Fsp3) is 0.647. The number of likely N-dealkylation sites (N-methyl/N-ethyl adjacent to an activating group) is 1. The SMILES string of the molecule is CCN1CCN(c2ncc(C#N)c3c2COC(C)(C)C3)CC1. The lowest BCUT2D eigenvalue weighted by molar-refractivity contribution is -0.0401. The summed E-state index contributed by atoms with van der Waals surface area (Å²) in [5.41, 5.74) is 2.73. The third-order valence-electron chi connectivity index (χ3n) is 4.72. The van der Waals surface area contributed by atoms with Gasteiger partial charge in [0.2, 0.25) is 0 Å².